The molecule has 2 aliphatic rings. The quantitative estimate of drug-likeness (QED) is 0.748. The predicted octanol–water partition coefficient (Wildman–Crippen LogP) is 2.15. The number of nitrogens with one attached hydrogen (secondary N) is 1. The molecular formula is C13H17N. The molecule has 3 rings (SSSR count). The molecule has 74 valence electrons. The summed E-state index contributed by atoms with van der Waals surface area (Å²) in [6.07, 6.45) is 2.74. The molecular weight excluding hydrogens is 170 g/mol. The highest BCUT2D eigenvalue weighted by Crippen LogP contribution is 2.56. The largest absolute Gasteiger partial charge is 0.316 e. The first-order valence-corrected chi connectivity index (χ1v) is 5.55. The number of hydrogen-bond donors (Lipinski definition) is 1. The van der Waals surface area contributed by atoms with Crippen LogP contribution in [0.1, 0.15) is 17.5 Å². The third kappa shape index (κ3) is 1.19. The fourth-order valence-electron chi connectivity index (χ4n) is 2.90. The maximum Gasteiger partial charge on any atom is 0.00144 e. The Balaban J connectivity index is 1.82. The first-order valence-electron chi connectivity index (χ1n) is 5.55. The van der Waals surface area contributed by atoms with E-state index in [0.717, 1.165) is 5.92 Å². The SMILES string of the molecule is Cc1ccccc1CC12CNCC1C2. The van der Waals surface area contributed by atoms with Crippen LogP contribution in [0.2, 0.25) is 0 Å². The normalized spacial score (nSPS) is 34.2. The van der Waals surface area contributed by atoms with Crippen LogP contribution < -0.4 is 5.32 Å². The van der Waals surface area contributed by atoms with E-state index < -0.39 is 0 Å². The summed E-state index contributed by atoms with van der Waals surface area (Å²) in [4.78, 5) is 0. The molecule has 1 heteroatoms. The van der Waals surface area contributed by atoms with Crippen LogP contribution in [0.15, 0.2) is 24.3 Å². The highest BCUT2D eigenvalue weighted by molar-refractivity contribution is 5.29. The van der Waals surface area contributed by atoms with Crippen molar-refractivity contribution in [3.05, 3.63) is 35.4 Å². The Labute approximate surface area is 85.5 Å². The summed E-state index contributed by atoms with van der Waals surface area (Å²) in [6, 6.07) is 8.82. The molecule has 1 N–H and O–H groups in total. The number of rotatable bonds is 2. The molecule has 1 aliphatic heterocycles. The van der Waals surface area contributed by atoms with Crippen molar-refractivity contribution in [1.82, 2.24) is 5.32 Å². The molecule has 1 aromatic carbocycles. The number of aryl methyl sites for hydroxylation is 1. The van der Waals surface area contributed by atoms with Gasteiger partial charge < -0.3 is 5.32 Å². The van der Waals surface area contributed by atoms with Crippen molar-refractivity contribution in [3.8, 4) is 0 Å². The van der Waals surface area contributed by atoms with Gasteiger partial charge in [0.15, 0.2) is 0 Å². The molecule has 1 aliphatic carbocycles. The van der Waals surface area contributed by atoms with Gasteiger partial charge in [-0.2, -0.15) is 0 Å². The minimum Gasteiger partial charge on any atom is -0.316 e. The third-order valence-electron chi connectivity index (χ3n) is 4.03. The molecule has 0 bridgehead atoms. The van der Waals surface area contributed by atoms with E-state index in [0.29, 0.717) is 5.41 Å². The topological polar surface area (TPSA) is 12.0 Å². The Kier molecular flexibility index (Phi) is 1.72. The van der Waals surface area contributed by atoms with Gasteiger partial charge in [0, 0.05) is 6.54 Å². The number of benzene rings is 1. The fraction of sp³-hybridized carbons (Fsp3) is 0.538. The molecule has 1 nitrogen and oxygen atoms in total. The van der Waals surface area contributed by atoms with Crippen molar-refractivity contribution < 1.29 is 0 Å². The first kappa shape index (κ1) is 8.49. The number of piperidine rings is 1. The van der Waals surface area contributed by atoms with Crippen LogP contribution in [-0.2, 0) is 6.42 Å². The second-order valence-corrected chi connectivity index (χ2v) is 5.00. The van der Waals surface area contributed by atoms with Crippen LogP contribution in [0, 0.1) is 18.3 Å². The van der Waals surface area contributed by atoms with Gasteiger partial charge in [0.05, 0.1) is 0 Å². The summed E-state index contributed by atoms with van der Waals surface area (Å²) >= 11 is 0. The highest BCUT2D eigenvalue weighted by Gasteiger charge is 2.56. The standard InChI is InChI=1S/C13H17N/c1-10-4-2-3-5-11(10)6-13-7-12(13)8-14-9-13/h2-5,12,14H,6-9H2,1H3. The highest BCUT2D eigenvalue weighted by atomic mass is 15.0. The van der Waals surface area contributed by atoms with E-state index in [9.17, 15) is 0 Å². The van der Waals surface area contributed by atoms with Crippen molar-refractivity contribution in [3.63, 3.8) is 0 Å². The van der Waals surface area contributed by atoms with Gasteiger partial charge in [0.25, 0.3) is 0 Å². The lowest BCUT2D eigenvalue weighted by Crippen LogP contribution is -2.18. The van der Waals surface area contributed by atoms with Crippen LogP contribution in [0.3, 0.4) is 0 Å². The van der Waals surface area contributed by atoms with E-state index in [-0.39, 0.29) is 0 Å². The van der Waals surface area contributed by atoms with Gasteiger partial charge in [-0.1, -0.05) is 24.3 Å². The van der Waals surface area contributed by atoms with Crippen LogP contribution in [-0.4, -0.2) is 13.1 Å². The van der Waals surface area contributed by atoms with Gasteiger partial charge in [0.2, 0.25) is 0 Å². The summed E-state index contributed by atoms with van der Waals surface area (Å²) in [7, 11) is 0. The summed E-state index contributed by atoms with van der Waals surface area (Å²) in [5, 5.41) is 3.50. The number of fused-ring (bicyclic) bond motifs is 1. The zero-order valence-electron chi connectivity index (χ0n) is 8.72. The summed E-state index contributed by atoms with van der Waals surface area (Å²) in [5.74, 6) is 0.974. The summed E-state index contributed by atoms with van der Waals surface area (Å²) in [5.41, 5.74) is 3.66. The Morgan fingerprint density at radius 2 is 2.29 bits per heavy atom. The third-order valence-corrected chi connectivity index (χ3v) is 4.03. The van der Waals surface area contributed by atoms with Crippen LogP contribution in [0.25, 0.3) is 0 Å². The molecule has 0 amide bonds. The zero-order chi connectivity index (χ0) is 9.60. The summed E-state index contributed by atoms with van der Waals surface area (Å²) in [6.45, 7) is 4.73. The molecule has 2 unspecified atom stereocenters. The van der Waals surface area contributed by atoms with Crippen molar-refractivity contribution in [2.75, 3.05) is 13.1 Å². The second kappa shape index (κ2) is 2.83. The summed E-state index contributed by atoms with van der Waals surface area (Å²) < 4.78 is 0. The molecule has 0 aromatic heterocycles. The Bertz CT molecular complexity index is 358. The lowest BCUT2D eigenvalue weighted by atomic mass is 9.93. The van der Waals surface area contributed by atoms with Gasteiger partial charge >= 0.3 is 0 Å². The van der Waals surface area contributed by atoms with Gasteiger partial charge in [-0.05, 0) is 48.8 Å². The maximum atomic E-state index is 3.50. The molecule has 0 radical (unpaired) electrons. The van der Waals surface area contributed by atoms with E-state index in [1.54, 1.807) is 5.56 Å². The average Bonchev–Trinajstić information content (AvgIpc) is 2.72. The van der Waals surface area contributed by atoms with Crippen molar-refractivity contribution >= 4 is 0 Å². The fourth-order valence-corrected chi connectivity index (χ4v) is 2.90. The van der Waals surface area contributed by atoms with Gasteiger partial charge in [0.1, 0.15) is 0 Å². The Morgan fingerprint density at radius 1 is 1.43 bits per heavy atom. The van der Waals surface area contributed by atoms with Crippen molar-refractivity contribution in [2.24, 2.45) is 11.3 Å². The van der Waals surface area contributed by atoms with Crippen LogP contribution in [0.5, 0.6) is 0 Å². The molecule has 14 heavy (non-hydrogen) atoms. The van der Waals surface area contributed by atoms with Crippen LogP contribution >= 0.6 is 0 Å². The van der Waals surface area contributed by atoms with Crippen molar-refractivity contribution in [1.29, 1.82) is 0 Å². The molecule has 1 heterocycles. The predicted molar refractivity (Wildman–Crippen MR) is 58.3 cm³/mol. The van der Waals surface area contributed by atoms with E-state index in [1.807, 2.05) is 0 Å². The minimum atomic E-state index is 0.645. The molecule has 2 atom stereocenters. The van der Waals surface area contributed by atoms with E-state index in [1.165, 1.54) is 31.5 Å². The van der Waals surface area contributed by atoms with E-state index in [4.69, 9.17) is 0 Å². The lowest BCUT2D eigenvalue weighted by molar-refractivity contribution is 0.511. The molecule has 0 spiro atoms. The Hall–Kier alpha value is -0.820. The zero-order valence-corrected chi connectivity index (χ0v) is 8.72. The molecule has 2 fully saturated rings. The average molecular weight is 187 g/mol. The minimum absolute atomic E-state index is 0.645. The molecule has 1 saturated heterocycles. The Morgan fingerprint density at radius 3 is 2.93 bits per heavy atom. The first-order chi connectivity index (χ1) is 6.80. The second-order valence-electron chi connectivity index (χ2n) is 5.00. The lowest BCUT2D eigenvalue weighted by Gasteiger charge is -2.13. The van der Waals surface area contributed by atoms with E-state index in [2.05, 4.69) is 36.5 Å². The van der Waals surface area contributed by atoms with Gasteiger partial charge in [-0.15, -0.1) is 0 Å². The van der Waals surface area contributed by atoms with Gasteiger partial charge in [-0.3, -0.25) is 0 Å². The van der Waals surface area contributed by atoms with Crippen molar-refractivity contribution in [2.45, 2.75) is 19.8 Å². The van der Waals surface area contributed by atoms with Crippen LogP contribution in [0.4, 0.5) is 0 Å². The monoisotopic (exact) mass is 187 g/mol. The molecule has 1 saturated carbocycles. The maximum absolute atomic E-state index is 3.50. The van der Waals surface area contributed by atoms with E-state index >= 15 is 0 Å². The molecule has 1 aromatic rings. The smallest absolute Gasteiger partial charge is 0.00144 e. The van der Waals surface area contributed by atoms with Gasteiger partial charge in [-0.25, -0.2) is 0 Å². The number of hydrogen-bond acceptors (Lipinski definition) is 1.